The molecule has 1 amide bonds. The van der Waals surface area contributed by atoms with Gasteiger partial charge in [0.15, 0.2) is 5.65 Å². The second kappa shape index (κ2) is 12.6. The van der Waals surface area contributed by atoms with Crippen LogP contribution >= 0.6 is 27.5 Å². The van der Waals surface area contributed by atoms with Gasteiger partial charge in [0.1, 0.15) is 5.82 Å². The molecule has 2 heterocycles. The normalized spacial score (nSPS) is 11.1. The van der Waals surface area contributed by atoms with Gasteiger partial charge in [0.25, 0.3) is 0 Å². The van der Waals surface area contributed by atoms with Crippen molar-refractivity contribution in [3.05, 3.63) is 153 Å². The predicted molar refractivity (Wildman–Crippen MR) is 171 cm³/mol. The van der Waals surface area contributed by atoms with Crippen LogP contribution in [0.5, 0.6) is 0 Å². The highest BCUT2D eigenvalue weighted by atomic mass is 79.9. The number of carbonyl (C=O) groups is 1. The molecule has 0 atom stereocenters. The summed E-state index contributed by atoms with van der Waals surface area (Å²) in [6.07, 6.45) is 1.73. The molecule has 0 aliphatic heterocycles. The van der Waals surface area contributed by atoms with E-state index in [1.54, 1.807) is 10.7 Å². The van der Waals surface area contributed by atoms with E-state index in [0.717, 1.165) is 43.8 Å². The molecule has 4 aromatic carbocycles. The first kappa shape index (κ1) is 27.7. The molecule has 0 unspecified atom stereocenters. The van der Waals surface area contributed by atoms with Gasteiger partial charge in [-0.1, -0.05) is 115 Å². The number of halogens is 2. The molecule has 6 rings (SSSR count). The Balaban J connectivity index is 1.19. The van der Waals surface area contributed by atoms with Gasteiger partial charge in [0, 0.05) is 29.7 Å². The van der Waals surface area contributed by atoms with E-state index in [1.165, 1.54) is 0 Å². The summed E-state index contributed by atoms with van der Waals surface area (Å²) in [4.78, 5) is 18.2. The average Bonchev–Trinajstić information content (AvgIpc) is 3.41. The maximum absolute atomic E-state index is 13.5. The van der Waals surface area contributed by atoms with Crippen molar-refractivity contribution in [3.8, 4) is 11.3 Å². The van der Waals surface area contributed by atoms with Gasteiger partial charge >= 0.3 is 0 Å². The van der Waals surface area contributed by atoms with Gasteiger partial charge < -0.3 is 10.6 Å². The zero-order chi connectivity index (χ0) is 28.9. The molecule has 0 spiro atoms. The van der Waals surface area contributed by atoms with E-state index in [-0.39, 0.29) is 11.8 Å². The summed E-state index contributed by atoms with van der Waals surface area (Å²) < 4.78 is 2.56. The van der Waals surface area contributed by atoms with Crippen LogP contribution in [-0.2, 0) is 17.9 Å². The van der Waals surface area contributed by atoms with Gasteiger partial charge in [0.05, 0.1) is 22.3 Å². The molecule has 0 radical (unpaired) electrons. The summed E-state index contributed by atoms with van der Waals surface area (Å²) in [6.45, 7) is 0.974. The molecule has 8 heteroatoms. The number of nitrogens with zero attached hydrogens (tertiary/aromatic N) is 3. The molecule has 0 bridgehead atoms. The molecule has 0 fully saturated rings. The summed E-state index contributed by atoms with van der Waals surface area (Å²) >= 11 is 10.0. The van der Waals surface area contributed by atoms with E-state index < -0.39 is 0 Å². The third kappa shape index (κ3) is 6.08. The Morgan fingerprint density at radius 1 is 0.810 bits per heavy atom. The van der Waals surface area contributed by atoms with Crippen LogP contribution in [0.25, 0.3) is 16.9 Å². The minimum absolute atomic E-state index is 0.0357. The van der Waals surface area contributed by atoms with Gasteiger partial charge in [0.2, 0.25) is 5.91 Å². The van der Waals surface area contributed by atoms with Gasteiger partial charge in [-0.15, -0.1) is 0 Å². The van der Waals surface area contributed by atoms with Gasteiger partial charge in [-0.2, -0.15) is 9.61 Å². The third-order valence-corrected chi connectivity index (χ3v) is 7.93. The fraction of sp³-hybridized carbons (Fsp3) is 0.0882. The zero-order valence-electron chi connectivity index (χ0n) is 22.5. The third-order valence-electron chi connectivity index (χ3n) is 7.04. The SMILES string of the molecule is O=C(NCc1cccc(CNc2cc(-c3ccccc3Cl)nc3c(Br)cnn23)c1)C(c1ccccc1)c1ccccc1. The fourth-order valence-corrected chi connectivity index (χ4v) is 5.57. The fourth-order valence-electron chi connectivity index (χ4n) is 4.99. The number of hydrogen-bond donors (Lipinski definition) is 2. The lowest BCUT2D eigenvalue weighted by molar-refractivity contribution is -0.121. The Bertz CT molecular complexity index is 1800. The Hall–Kier alpha value is -4.46. The van der Waals surface area contributed by atoms with Crippen molar-refractivity contribution < 1.29 is 4.79 Å². The molecule has 2 aromatic heterocycles. The summed E-state index contributed by atoms with van der Waals surface area (Å²) in [6, 6.07) is 37.5. The molecule has 6 nitrogen and oxygen atoms in total. The Labute approximate surface area is 257 Å². The lowest BCUT2D eigenvalue weighted by Gasteiger charge is -2.18. The Kier molecular flexibility index (Phi) is 8.30. The van der Waals surface area contributed by atoms with E-state index in [0.29, 0.717) is 23.8 Å². The highest BCUT2D eigenvalue weighted by molar-refractivity contribution is 9.10. The van der Waals surface area contributed by atoms with Gasteiger partial charge in [-0.25, -0.2) is 4.98 Å². The monoisotopic (exact) mass is 635 g/mol. The summed E-state index contributed by atoms with van der Waals surface area (Å²) in [5, 5.41) is 11.8. The highest BCUT2D eigenvalue weighted by Gasteiger charge is 2.22. The van der Waals surface area contributed by atoms with Crippen LogP contribution in [0.4, 0.5) is 5.82 Å². The maximum atomic E-state index is 13.5. The van der Waals surface area contributed by atoms with Crippen LogP contribution < -0.4 is 10.6 Å². The van der Waals surface area contributed by atoms with Crippen molar-refractivity contribution >= 4 is 44.9 Å². The number of benzene rings is 4. The number of rotatable bonds is 9. The van der Waals surface area contributed by atoms with E-state index in [2.05, 4.69) is 43.8 Å². The molecular weight excluding hydrogens is 610 g/mol. The summed E-state index contributed by atoms with van der Waals surface area (Å²) in [5.74, 6) is 0.367. The Morgan fingerprint density at radius 2 is 1.45 bits per heavy atom. The summed E-state index contributed by atoms with van der Waals surface area (Å²) in [5.41, 5.74) is 6.30. The van der Waals surface area contributed by atoms with Crippen molar-refractivity contribution in [2.45, 2.75) is 19.0 Å². The number of fused-ring (bicyclic) bond motifs is 1. The van der Waals surface area contributed by atoms with Gasteiger partial charge in [-0.3, -0.25) is 4.79 Å². The molecule has 0 aliphatic carbocycles. The first-order chi connectivity index (χ1) is 20.6. The van der Waals surface area contributed by atoms with E-state index in [1.807, 2.05) is 103 Å². The number of nitrogens with one attached hydrogen (secondary N) is 2. The molecule has 0 aliphatic rings. The van der Waals surface area contributed by atoms with E-state index >= 15 is 0 Å². The zero-order valence-corrected chi connectivity index (χ0v) is 24.9. The topological polar surface area (TPSA) is 71.3 Å². The van der Waals surface area contributed by atoms with Crippen molar-refractivity contribution in [2.24, 2.45) is 0 Å². The first-order valence-electron chi connectivity index (χ1n) is 13.6. The van der Waals surface area contributed by atoms with Gasteiger partial charge in [-0.05, 0) is 44.3 Å². The van der Waals surface area contributed by atoms with Crippen molar-refractivity contribution in [1.29, 1.82) is 0 Å². The molecule has 2 N–H and O–H groups in total. The number of hydrogen-bond acceptors (Lipinski definition) is 4. The molecule has 42 heavy (non-hydrogen) atoms. The highest BCUT2D eigenvalue weighted by Crippen LogP contribution is 2.30. The van der Waals surface area contributed by atoms with Crippen LogP contribution in [0.3, 0.4) is 0 Å². The quantitative estimate of drug-likeness (QED) is 0.169. The molecule has 0 saturated heterocycles. The predicted octanol–water partition coefficient (Wildman–Crippen LogP) is 7.87. The second-order valence-electron chi connectivity index (χ2n) is 9.88. The average molecular weight is 637 g/mol. The van der Waals surface area contributed by atoms with Crippen LogP contribution in [0.15, 0.2) is 126 Å². The number of amides is 1. The molecular formula is C34H27BrClN5O. The molecule has 6 aromatic rings. The molecule has 208 valence electrons. The minimum Gasteiger partial charge on any atom is -0.366 e. The lowest BCUT2D eigenvalue weighted by Crippen LogP contribution is -2.29. The minimum atomic E-state index is -0.382. The Morgan fingerprint density at radius 3 is 2.14 bits per heavy atom. The second-order valence-corrected chi connectivity index (χ2v) is 11.1. The van der Waals surface area contributed by atoms with E-state index in [4.69, 9.17) is 16.6 Å². The number of aromatic nitrogens is 3. The van der Waals surface area contributed by atoms with Crippen LogP contribution in [0.2, 0.25) is 5.02 Å². The standard InChI is InChI=1S/C34H27BrClN5O/c35-28-22-39-41-31(19-30(40-33(28)41)27-16-7-8-17-29(27)36)37-20-23-10-9-11-24(18-23)21-38-34(42)32(25-12-3-1-4-13-25)26-14-5-2-6-15-26/h1-19,22,32,37H,20-21H2,(H,38,42). The van der Waals surface area contributed by atoms with Crippen LogP contribution in [-0.4, -0.2) is 20.5 Å². The van der Waals surface area contributed by atoms with Crippen LogP contribution in [0, 0.1) is 0 Å². The van der Waals surface area contributed by atoms with Crippen molar-refractivity contribution in [2.75, 3.05) is 5.32 Å². The maximum Gasteiger partial charge on any atom is 0.232 e. The first-order valence-corrected chi connectivity index (χ1v) is 14.7. The lowest BCUT2D eigenvalue weighted by atomic mass is 9.90. The number of carbonyl (C=O) groups excluding carboxylic acids is 1. The van der Waals surface area contributed by atoms with E-state index in [9.17, 15) is 4.79 Å². The van der Waals surface area contributed by atoms with Crippen molar-refractivity contribution in [1.82, 2.24) is 19.9 Å². The molecule has 0 saturated carbocycles. The largest absolute Gasteiger partial charge is 0.366 e. The van der Waals surface area contributed by atoms with Crippen LogP contribution in [0.1, 0.15) is 28.2 Å². The number of anilines is 1. The van der Waals surface area contributed by atoms with Crippen molar-refractivity contribution in [3.63, 3.8) is 0 Å². The summed E-state index contributed by atoms with van der Waals surface area (Å²) in [7, 11) is 0. The smallest absolute Gasteiger partial charge is 0.232 e.